The minimum Gasteiger partial charge on any atom is -0.462 e. The lowest BCUT2D eigenvalue weighted by atomic mass is 9.44. The molecule has 4 aliphatic carbocycles. The molecule has 1 aromatic heterocycles. The Bertz CT molecular complexity index is 922. The molecule has 0 spiro atoms. The van der Waals surface area contributed by atoms with E-state index in [1.165, 1.54) is 30.1 Å². The van der Waals surface area contributed by atoms with Crippen molar-refractivity contribution >= 4 is 11.5 Å². The minimum atomic E-state index is -0.181. The molecule has 1 aromatic rings. The summed E-state index contributed by atoms with van der Waals surface area (Å²) < 4.78 is 5.57. The SMILES string of the molecule is CC(=O)OC1CCC2(C)C(=CCC3(N)C2CCC2(C)C(c4cccnc4)=CCC23)C1. The Balaban J connectivity index is 1.46. The maximum absolute atomic E-state index is 11.5. The average molecular weight is 407 g/mol. The highest BCUT2D eigenvalue weighted by Crippen LogP contribution is 2.67. The van der Waals surface area contributed by atoms with Crippen molar-refractivity contribution in [3.63, 3.8) is 0 Å². The second-order valence-corrected chi connectivity index (χ2v) is 10.6. The van der Waals surface area contributed by atoms with Crippen molar-refractivity contribution in [3.05, 3.63) is 47.8 Å². The molecule has 4 nitrogen and oxygen atoms in total. The van der Waals surface area contributed by atoms with E-state index in [9.17, 15) is 4.79 Å². The van der Waals surface area contributed by atoms with Crippen LogP contribution in [0.5, 0.6) is 0 Å². The van der Waals surface area contributed by atoms with Crippen LogP contribution in [0.25, 0.3) is 5.57 Å². The summed E-state index contributed by atoms with van der Waals surface area (Å²) in [6, 6.07) is 4.23. The quantitative estimate of drug-likeness (QED) is 0.551. The molecule has 6 unspecified atom stereocenters. The number of rotatable bonds is 2. The molecule has 0 amide bonds. The Kier molecular flexibility index (Phi) is 4.52. The van der Waals surface area contributed by atoms with E-state index in [0.717, 1.165) is 38.5 Å². The van der Waals surface area contributed by atoms with Crippen LogP contribution in [0.4, 0.5) is 0 Å². The van der Waals surface area contributed by atoms with Gasteiger partial charge in [0.2, 0.25) is 0 Å². The Morgan fingerprint density at radius 1 is 1.17 bits per heavy atom. The van der Waals surface area contributed by atoms with Crippen LogP contribution in [-0.4, -0.2) is 22.6 Å². The van der Waals surface area contributed by atoms with Crippen LogP contribution in [0.15, 0.2) is 42.3 Å². The standard InChI is InChI=1S/C26H34N2O2/c1-17(29)30-20-9-11-24(2)19(15-20)8-13-26(27)22-7-6-21(18-5-4-14-28-16-18)25(22,3)12-10-23(24)26/h4-6,8,14,16,20,22-23H,7,9-13,15,27H2,1-3H3. The largest absolute Gasteiger partial charge is 0.462 e. The van der Waals surface area contributed by atoms with Crippen molar-refractivity contribution in [2.45, 2.75) is 77.4 Å². The molecule has 0 aromatic carbocycles. The maximum atomic E-state index is 11.5. The number of allylic oxidation sites excluding steroid dienone is 2. The van der Waals surface area contributed by atoms with Crippen LogP contribution in [0.2, 0.25) is 0 Å². The number of ether oxygens (including phenoxy) is 1. The predicted octanol–water partition coefficient (Wildman–Crippen LogP) is 5.05. The third-order valence-corrected chi connectivity index (χ3v) is 9.14. The summed E-state index contributed by atoms with van der Waals surface area (Å²) in [7, 11) is 0. The van der Waals surface area contributed by atoms with E-state index >= 15 is 0 Å². The van der Waals surface area contributed by atoms with Gasteiger partial charge in [0.25, 0.3) is 0 Å². The van der Waals surface area contributed by atoms with Gasteiger partial charge in [-0.2, -0.15) is 0 Å². The number of pyridine rings is 1. The van der Waals surface area contributed by atoms with Crippen molar-refractivity contribution in [2.75, 3.05) is 0 Å². The van der Waals surface area contributed by atoms with Crippen LogP contribution in [-0.2, 0) is 9.53 Å². The van der Waals surface area contributed by atoms with E-state index in [1.54, 1.807) is 0 Å². The molecule has 2 saturated carbocycles. The van der Waals surface area contributed by atoms with Crippen LogP contribution in [0.1, 0.15) is 71.3 Å². The molecule has 6 atom stereocenters. The van der Waals surface area contributed by atoms with Gasteiger partial charge in [-0.3, -0.25) is 9.78 Å². The van der Waals surface area contributed by atoms with Crippen molar-refractivity contribution in [1.82, 2.24) is 4.98 Å². The summed E-state index contributed by atoms with van der Waals surface area (Å²) in [5.41, 5.74) is 11.6. The first-order valence-electron chi connectivity index (χ1n) is 11.5. The smallest absolute Gasteiger partial charge is 0.302 e. The molecule has 0 bridgehead atoms. The molecule has 5 rings (SSSR count). The van der Waals surface area contributed by atoms with Gasteiger partial charge in [0.1, 0.15) is 6.10 Å². The van der Waals surface area contributed by atoms with E-state index in [1.807, 2.05) is 18.5 Å². The lowest BCUT2D eigenvalue weighted by Gasteiger charge is -2.62. The maximum Gasteiger partial charge on any atom is 0.302 e. The van der Waals surface area contributed by atoms with Gasteiger partial charge in [0.15, 0.2) is 0 Å². The zero-order chi connectivity index (χ0) is 21.1. The molecule has 0 aliphatic heterocycles. The monoisotopic (exact) mass is 406 g/mol. The Hall–Kier alpha value is -1.94. The first kappa shape index (κ1) is 20.0. The summed E-state index contributed by atoms with van der Waals surface area (Å²) in [6.07, 6.45) is 16.0. The summed E-state index contributed by atoms with van der Waals surface area (Å²) in [5, 5.41) is 0. The fourth-order valence-corrected chi connectivity index (χ4v) is 7.71. The highest BCUT2D eigenvalue weighted by atomic mass is 16.5. The van der Waals surface area contributed by atoms with E-state index in [2.05, 4.69) is 37.0 Å². The first-order valence-corrected chi connectivity index (χ1v) is 11.5. The van der Waals surface area contributed by atoms with E-state index in [4.69, 9.17) is 10.5 Å². The Morgan fingerprint density at radius 2 is 1.97 bits per heavy atom. The number of aromatic nitrogens is 1. The molecule has 2 N–H and O–H groups in total. The average Bonchev–Trinajstić information content (AvgIpc) is 3.07. The van der Waals surface area contributed by atoms with E-state index < -0.39 is 0 Å². The van der Waals surface area contributed by atoms with Crippen molar-refractivity contribution in [1.29, 1.82) is 0 Å². The first-order chi connectivity index (χ1) is 14.3. The molecular formula is C26H34N2O2. The third-order valence-electron chi connectivity index (χ3n) is 9.14. The molecular weight excluding hydrogens is 372 g/mol. The van der Waals surface area contributed by atoms with Gasteiger partial charge in [0.05, 0.1) is 0 Å². The number of carbonyl (C=O) groups excluding carboxylic acids is 1. The lowest BCUT2D eigenvalue weighted by Crippen LogP contribution is -2.65. The normalized spacial score (nSPS) is 42.3. The predicted molar refractivity (Wildman–Crippen MR) is 118 cm³/mol. The van der Waals surface area contributed by atoms with Crippen LogP contribution in [0.3, 0.4) is 0 Å². The number of carbonyl (C=O) groups is 1. The molecule has 0 radical (unpaired) electrons. The summed E-state index contributed by atoms with van der Waals surface area (Å²) in [6.45, 7) is 6.39. The van der Waals surface area contributed by atoms with Gasteiger partial charge in [-0.25, -0.2) is 0 Å². The fourth-order valence-electron chi connectivity index (χ4n) is 7.71. The zero-order valence-electron chi connectivity index (χ0n) is 18.5. The molecule has 160 valence electrons. The van der Waals surface area contributed by atoms with Crippen molar-refractivity contribution < 1.29 is 9.53 Å². The van der Waals surface area contributed by atoms with E-state index in [0.29, 0.717) is 11.8 Å². The second-order valence-electron chi connectivity index (χ2n) is 10.6. The third kappa shape index (κ3) is 2.76. The van der Waals surface area contributed by atoms with Crippen LogP contribution in [0, 0.1) is 22.7 Å². The second kappa shape index (κ2) is 6.78. The van der Waals surface area contributed by atoms with Crippen LogP contribution >= 0.6 is 0 Å². The molecule has 4 heteroatoms. The molecule has 1 heterocycles. The topological polar surface area (TPSA) is 65.2 Å². The number of hydrogen-bond donors (Lipinski definition) is 1. The van der Waals surface area contributed by atoms with Gasteiger partial charge in [-0.15, -0.1) is 0 Å². The van der Waals surface area contributed by atoms with Gasteiger partial charge in [-0.05, 0) is 78.4 Å². The number of esters is 1. The summed E-state index contributed by atoms with van der Waals surface area (Å²) in [4.78, 5) is 15.8. The minimum absolute atomic E-state index is 0.0336. The Morgan fingerprint density at radius 3 is 2.70 bits per heavy atom. The fraction of sp³-hybridized carbons (Fsp3) is 0.615. The number of nitrogens with two attached hydrogens (primary N) is 1. The Labute approximate surface area is 180 Å². The van der Waals surface area contributed by atoms with E-state index in [-0.39, 0.29) is 28.4 Å². The number of nitrogens with zero attached hydrogens (tertiary/aromatic N) is 1. The van der Waals surface area contributed by atoms with Gasteiger partial charge < -0.3 is 10.5 Å². The van der Waals surface area contributed by atoms with Crippen molar-refractivity contribution in [2.24, 2.45) is 28.4 Å². The molecule has 0 saturated heterocycles. The molecule has 4 aliphatic rings. The number of hydrogen-bond acceptors (Lipinski definition) is 4. The highest BCUT2D eigenvalue weighted by Gasteiger charge is 2.62. The molecule has 30 heavy (non-hydrogen) atoms. The summed E-state index contributed by atoms with van der Waals surface area (Å²) in [5.74, 6) is 0.782. The van der Waals surface area contributed by atoms with Gasteiger partial charge in [-0.1, -0.05) is 37.6 Å². The van der Waals surface area contributed by atoms with Gasteiger partial charge >= 0.3 is 5.97 Å². The van der Waals surface area contributed by atoms with Crippen molar-refractivity contribution in [3.8, 4) is 0 Å². The summed E-state index contributed by atoms with van der Waals surface area (Å²) >= 11 is 0. The van der Waals surface area contributed by atoms with Gasteiger partial charge in [0, 0.05) is 31.3 Å². The highest BCUT2D eigenvalue weighted by molar-refractivity contribution is 5.73. The molecule has 2 fully saturated rings. The lowest BCUT2D eigenvalue weighted by molar-refractivity contribution is -0.148. The van der Waals surface area contributed by atoms with Crippen LogP contribution < -0.4 is 5.73 Å². The number of fused-ring (bicyclic) bond motifs is 5. The zero-order valence-corrected chi connectivity index (χ0v) is 18.5.